The lowest BCUT2D eigenvalue weighted by molar-refractivity contribution is -0.374. The Labute approximate surface area is 246 Å². The van der Waals surface area contributed by atoms with Crippen molar-refractivity contribution in [2.45, 2.75) is 88.8 Å². The minimum absolute atomic E-state index is 0.0282. The molecule has 0 amide bonds. The maximum Gasteiger partial charge on any atom is 0.426 e. The summed E-state index contributed by atoms with van der Waals surface area (Å²) in [4.78, 5) is 1.64. The lowest BCUT2D eigenvalue weighted by Crippen LogP contribution is -2.57. The molecule has 1 aromatic rings. The largest absolute Gasteiger partial charge is 0.493 e. The van der Waals surface area contributed by atoms with Gasteiger partial charge >= 0.3 is 12.4 Å². The third-order valence-corrected chi connectivity index (χ3v) is 10.1. The van der Waals surface area contributed by atoms with Crippen LogP contribution >= 0.6 is 0 Å². The quantitative estimate of drug-likeness (QED) is 0.175. The van der Waals surface area contributed by atoms with Crippen molar-refractivity contribution in [1.29, 1.82) is 0 Å². The van der Waals surface area contributed by atoms with Gasteiger partial charge < -0.3 is 23.8 Å². The zero-order chi connectivity index (χ0) is 31.5. The molecule has 0 aliphatic heterocycles. The molecule has 0 spiro atoms. The van der Waals surface area contributed by atoms with Crippen LogP contribution in [0.3, 0.4) is 0 Å². The highest BCUT2D eigenvalue weighted by Gasteiger charge is 2.69. The van der Waals surface area contributed by atoms with Gasteiger partial charge in [0.25, 0.3) is 5.60 Å². The van der Waals surface area contributed by atoms with Gasteiger partial charge in [0, 0.05) is 33.2 Å². The van der Waals surface area contributed by atoms with E-state index in [2.05, 4.69) is 29.9 Å². The molecule has 3 aliphatic rings. The molecule has 0 N–H and O–H groups in total. The molecule has 1 aromatic carbocycles. The Morgan fingerprint density at radius 1 is 0.976 bits per heavy atom. The van der Waals surface area contributed by atoms with E-state index in [1.54, 1.807) is 11.9 Å². The van der Waals surface area contributed by atoms with Crippen molar-refractivity contribution in [3.8, 4) is 5.75 Å². The van der Waals surface area contributed by atoms with E-state index in [9.17, 15) is 26.3 Å². The molecule has 0 heterocycles. The number of fused-ring (bicyclic) bond motifs is 5. The van der Waals surface area contributed by atoms with Crippen LogP contribution in [0.4, 0.5) is 26.3 Å². The van der Waals surface area contributed by atoms with Gasteiger partial charge in [0.15, 0.2) is 0 Å². The van der Waals surface area contributed by atoms with Crippen LogP contribution in [0.2, 0.25) is 0 Å². The fourth-order valence-electron chi connectivity index (χ4n) is 7.42. The van der Waals surface area contributed by atoms with Crippen LogP contribution < -0.4 is 4.74 Å². The molecule has 11 heteroatoms. The van der Waals surface area contributed by atoms with Crippen LogP contribution in [-0.2, 0) is 20.6 Å². The fourth-order valence-corrected chi connectivity index (χ4v) is 7.42. The van der Waals surface area contributed by atoms with Gasteiger partial charge in [-0.2, -0.15) is 26.3 Å². The van der Waals surface area contributed by atoms with Crippen LogP contribution in [-0.4, -0.2) is 82.6 Å². The molecule has 0 saturated heterocycles. The second-order valence-corrected chi connectivity index (χ2v) is 12.5. The van der Waals surface area contributed by atoms with Crippen molar-refractivity contribution in [1.82, 2.24) is 4.90 Å². The maximum atomic E-state index is 13.0. The van der Waals surface area contributed by atoms with E-state index in [4.69, 9.17) is 15.6 Å². The number of likely N-dealkylation sites (N-methyl/N-ethyl adjacent to an activating group) is 1. The van der Waals surface area contributed by atoms with Crippen molar-refractivity contribution in [2.24, 2.45) is 17.3 Å². The van der Waals surface area contributed by atoms with Crippen molar-refractivity contribution in [3.05, 3.63) is 29.3 Å². The molecule has 240 valence electrons. The first kappa shape index (κ1) is 31.9. The van der Waals surface area contributed by atoms with Crippen LogP contribution in [0.15, 0.2) is 18.2 Å². The summed E-state index contributed by atoms with van der Waals surface area (Å²) in [6, 6.07) is 6.48. The van der Waals surface area contributed by atoms with Crippen molar-refractivity contribution in [2.75, 3.05) is 53.7 Å². The number of aryl methyl sites for hydroxylation is 1. The van der Waals surface area contributed by atoms with Crippen LogP contribution in [0.25, 0.3) is 0 Å². The molecule has 0 radical (unpaired) electrons. The normalized spacial score (nSPS) is 28.3. The molecule has 42 heavy (non-hydrogen) atoms. The standard InChI is InChI=1S/C31H45F6NO4/c1-28-13-12-24-23-9-7-22(40-17-5-16-39-4)20-21(23)6-8-25(24)26(28)10-11-27(28)41-18-14-38(3)15-19-42-29(2,30(32,33)34)31(35,36)37/h7,9,20,24-27H,5-6,8,10-19H2,1-4H3/t24?,25?,26?,27-,28-/m0/s1/i4D. The monoisotopic (exact) mass is 610 g/mol. The SMILES string of the molecule is [2H]COCCCOc1ccc2c(c1)CCC1C2CC[C@@]2(C)C1CC[C@@H]2OCCN(C)CCOC(C)(C(F)(F)F)C(F)(F)F. The van der Waals surface area contributed by atoms with Crippen LogP contribution in [0, 0.1) is 17.3 Å². The average Bonchev–Trinajstić information content (AvgIpc) is 3.27. The van der Waals surface area contributed by atoms with Crippen molar-refractivity contribution < 1.29 is 46.7 Å². The first-order chi connectivity index (χ1) is 20.2. The van der Waals surface area contributed by atoms with Gasteiger partial charge in [-0.05, 0) is 98.9 Å². The smallest absolute Gasteiger partial charge is 0.426 e. The predicted octanol–water partition coefficient (Wildman–Crippen LogP) is 7.17. The minimum Gasteiger partial charge on any atom is -0.493 e. The van der Waals surface area contributed by atoms with Crippen molar-refractivity contribution in [3.63, 3.8) is 0 Å². The van der Waals surface area contributed by atoms with E-state index >= 15 is 0 Å². The van der Waals surface area contributed by atoms with Gasteiger partial charge in [-0.15, -0.1) is 0 Å². The molecule has 2 saturated carbocycles. The maximum absolute atomic E-state index is 13.0. The number of rotatable bonds is 13. The Hall–Kier alpha value is -1.56. The number of alkyl halides is 6. The topological polar surface area (TPSA) is 40.2 Å². The average molecular weight is 611 g/mol. The number of methoxy groups -OCH3 is 1. The first-order valence-corrected chi connectivity index (χ1v) is 14.9. The number of halogens is 6. The molecule has 3 unspecified atom stereocenters. The van der Waals surface area contributed by atoms with E-state index < -0.39 is 24.6 Å². The van der Waals surface area contributed by atoms with Gasteiger partial charge in [0.1, 0.15) is 5.75 Å². The molecule has 5 nitrogen and oxygen atoms in total. The Morgan fingerprint density at radius 2 is 1.71 bits per heavy atom. The Kier molecular flexibility index (Phi) is 10.0. The van der Waals surface area contributed by atoms with Gasteiger partial charge in [-0.1, -0.05) is 13.0 Å². The zero-order valence-electron chi connectivity index (χ0n) is 25.8. The summed E-state index contributed by atoms with van der Waals surface area (Å²) >= 11 is 0. The second-order valence-electron chi connectivity index (χ2n) is 12.5. The highest BCUT2D eigenvalue weighted by atomic mass is 19.4. The second kappa shape index (κ2) is 13.2. The van der Waals surface area contributed by atoms with Gasteiger partial charge in [0.2, 0.25) is 0 Å². The van der Waals surface area contributed by atoms with Gasteiger partial charge in [-0.25, -0.2) is 0 Å². The van der Waals surface area contributed by atoms with E-state index in [-0.39, 0.29) is 32.1 Å². The minimum atomic E-state index is -5.56. The van der Waals surface area contributed by atoms with Crippen LogP contribution in [0.1, 0.15) is 70.8 Å². The summed E-state index contributed by atoms with van der Waals surface area (Å²) in [6.07, 6.45) is -3.96. The molecule has 3 aliphatic carbocycles. The third-order valence-electron chi connectivity index (χ3n) is 10.1. The molecule has 4 rings (SSSR count). The van der Waals surface area contributed by atoms with E-state index in [0.717, 1.165) is 50.7 Å². The molecule has 0 bridgehead atoms. The van der Waals surface area contributed by atoms with Gasteiger partial charge in [-0.3, -0.25) is 0 Å². The van der Waals surface area contributed by atoms with Crippen molar-refractivity contribution >= 4 is 0 Å². The first-order valence-electron chi connectivity index (χ1n) is 15.6. The van der Waals surface area contributed by atoms with E-state index in [0.29, 0.717) is 44.1 Å². The molecule has 5 atom stereocenters. The summed E-state index contributed by atoms with van der Waals surface area (Å²) in [6.45, 7) is 3.40. The zero-order valence-corrected chi connectivity index (χ0v) is 24.8. The molecular formula is C31H45F6NO4. The Bertz CT molecular complexity index is 1040. The van der Waals surface area contributed by atoms with Gasteiger partial charge in [0.05, 0.1) is 27.3 Å². The summed E-state index contributed by atoms with van der Waals surface area (Å²) in [7, 11) is 1.61. The molecule has 2 fully saturated rings. The highest BCUT2D eigenvalue weighted by Crippen LogP contribution is 2.61. The lowest BCUT2D eigenvalue weighted by atomic mass is 9.55. The number of ether oxygens (including phenoxy) is 4. The third kappa shape index (κ3) is 6.89. The number of hydrogen-bond donors (Lipinski definition) is 0. The number of nitrogens with zero attached hydrogens (tertiary/aromatic N) is 1. The van der Waals surface area contributed by atoms with Crippen LogP contribution in [0.5, 0.6) is 5.75 Å². The fraction of sp³-hybridized carbons (Fsp3) is 0.806. The summed E-state index contributed by atoms with van der Waals surface area (Å²) in [5.41, 5.74) is -1.35. The van der Waals surface area contributed by atoms with E-state index in [1.165, 1.54) is 11.1 Å². The number of hydrogen-bond acceptors (Lipinski definition) is 5. The molecule has 0 aromatic heterocycles. The van der Waals surface area contributed by atoms with E-state index in [1.807, 2.05) is 0 Å². The predicted molar refractivity (Wildman–Crippen MR) is 147 cm³/mol. The summed E-state index contributed by atoms with van der Waals surface area (Å²) in [5.74, 6) is 2.53. The molecular weight excluding hydrogens is 564 g/mol. The lowest BCUT2D eigenvalue weighted by Gasteiger charge is -2.50. The Balaban J connectivity index is 1.25. The highest BCUT2D eigenvalue weighted by molar-refractivity contribution is 5.40. The Morgan fingerprint density at radius 3 is 2.43 bits per heavy atom. The summed E-state index contributed by atoms with van der Waals surface area (Å²) < 4.78 is 107. The summed E-state index contributed by atoms with van der Waals surface area (Å²) in [5, 5.41) is 0. The number of benzene rings is 1.